The van der Waals surface area contributed by atoms with Crippen LogP contribution in [-0.2, 0) is 38.5 Å². The monoisotopic (exact) mass is 854 g/mol. The molecule has 0 fully saturated rings. The maximum Gasteiger partial charge on any atom is -0.147 e. The molecule has 0 saturated heterocycles. The molecule has 0 amide bonds. The van der Waals surface area contributed by atoms with E-state index in [4.69, 9.17) is 0 Å². The van der Waals surface area contributed by atoms with Gasteiger partial charge in [0.1, 0.15) is 0 Å². The van der Waals surface area contributed by atoms with Crippen LogP contribution < -0.4 is 3.27 Å². The molecule has 0 atom stereocenters. The van der Waals surface area contributed by atoms with Crippen LogP contribution in [0.4, 0.5) is 0 Å². The Bertz CT molecular complexity index is 1830. The van der Waals surface area contributed by atoms with Crippen molar-refractivity contribution < 1.29 is 21.3 Å². The van der Waals surface area contributed by atoms with Crippen LogP contribution in [0.25, 0.3) is 11.1 Å². The summed E-state index contributed by atoms with van der Waals surface area (Å²) in [4.78, 5) is 0. The van der Waals surface area contributed by atoms with E-state index in [0.717, 1.165) is 21.8 Å². The minimum Gasteiger partial charge on any atom is -0.147 e. The van der Waals surface area contributed by atoms with Crippen molar-refractivity contribution in [1.29, 1.82) is 0 Å². The zero-order chi connectivity index (χ0) is 31.6. The average molecular weight is 859 g/mol. The Morgan fingerprint density at radius 2 is 1.22 bits per heavy atom. The van der Waals surface area contributed by atoms with Gasteiger partial charge in [-0.3, -0.25) is 0 Å². The number of halogens is 4. The molecule has 0 aliphatic heterocycles. The molecule has 0 aromatic heterocycles. The van der Waals surface area contributed by atoms with Crippen LogP contribution in [0.1, 0.15) is 92.5 Å². The number of fused-ring (bicyclic) bond motifs is 3. The number of allylic oxidation sites excluding steroid dienone is 4. The molecule has 0 nitrogen and oxygen atoms in total. The van der Waals surface area contributed by atoms with Crippen molar-refractivity contribution in [1.82, 2.24) is 0 Å². The van der Waals surface area contributed by atoms with Crippen LogP contribution in [-0.4, -0.2) is 3.21 Å². The van der Waals surface area contributed by atoms with E-state index in [2.05, 4.69) is 172 Å². The molecule has 4 aromatic carbocycles. The Hall–Kier alpha value is -1.35. The van der Waals surface area contributed by atoms with Crippen molar-refractivity contribution in [2.75, 3.05) is 0 Å². The van der Waals surface area contributed by atoms with Gasteiger partial charge in [0.25, 0.3) is 0 Å². The van der Waals surface area contributed by atoms with Gasteiger partial charge in [0.2, 0.25) is 0 Å². The van der Waals surface area contributed by atoms with E-state index >= 15 is 0 Å². The minimum atomic E-state index is -2.79. The van der Waals surface area contributed by atoms with Crippen molar-refractivity contribution >= 4 is 63.2 Å². The third-order valence-corrected chi connectivity index (χ3v) is 18.4. The first-order chi connectivity index (χ1) is 20.7. The second-order valence-corrected chi connectivity index (χ2v) is 22.3. The Morgan fingerprint density at radius 3 is 1.70 bits per heavy atom. The molecule has 0 radical (unpaired) electrons. The number of hydrogen-bond donors (Lipinski definition) is 0. The Labute approximate surface area is 313 Å². The molecular formula is C41H44Br2Cl2Zr. The zero-order valence-electron chi connectivity index (χ0n) is 28.1. The second-order valence-electron chi connectivity index (χ2n) is 14.5. The van der Waals surface area contributed by atoms with Crippen molar-refractivity contribution in [3.8, 4) is 11.1 Å². The fourth-order valence-electron chi connectivity index (χ4n) is 7.31. The van der Waals surface area contributed by atoms with Crippen LogP contribution in [0.5, 0.6) is 0 Å². The Morgan fingerprint density at radius 1 is 0.696 bits per heavy atom. The summed E-state index contributed by atoms with van der Waals surface area (Å²) in [5.41, 5.74) is 14.8. The fourth-order valence-corrected chi connectivity index (χ4v) is 16.2. The van der Waals surface area contributed by atoms with Crippen molar-refractivity contribution in [3.05, 3.63) is 142 Å². The van der Waals surface area contributed by atoms with Crippen LogP contribution in [0.2, 0.25) is 0 Å². The first kappa shape index (κ1) is 37.5. The molecule has 6 rings (SSSR count). The Kier molecular flexibility index (Phi) is 11.6. The Balaban J connectivity index is 0.00000240. The predicted molar refractivity (Wildman–Crippen MR) is 209 cm³/mol. The standard InChI is InChI=1S/C23H29.C13H8Br2.C5H5.2ClH.Zr/c1-14-9-16-11-17-10-15(2)21(23(6,7)8)13-19(17)18(16)12-20(14)22(3,4)5;14-12-5-1-10(2-6-12)9-11-3-7-13(15)8-4-11;1-2-4-5-3-1;;;/h9,12-13H,11H2,1-8H3;1-8H;1-3H,4H2;2*1H;. The van der Waals surface area contributed by atoms with Gasteiger partial charge in [0.15, 0.2) is 0 Å². The largest absolute Gasteiger partial charge is 0.147 e. The minimum absolute atomic E-state index is 0. The summed E-state index contributed by atoms with van der Waals surface area (Å²) in [6.45, 7) is 19.0. The molecule has 0 unspecified atom stereocenters. The maximum absolute atomic E-state index is 3.71. The van der Waals surface area contributed by atoms with Gasteiger partial charge in [-0.2, -0.15) is 0 Å². The fraction of sp³-hybridized carbons (Fsp3) is 0.293. The molecule has 240 valence electrons. The quantitative estimate of drug-likeness (QED) is 0.169. The van der Waals surface area contributed by atoms with Crippen LogP contribution in [0.3, 0.4) is 0 Å². The maximum atomic E-state index is 3.71. The first-order valence-electron chi connectivity index (χ1n) is 15.7. The number of rotatable bonds is 4. The molecule has 2 aliphatic carbocycles. The third-order valence-electron chi connectivity index (χ3n) is 9.28. The van der Waals surface area contributed by atoms with E-state index in [0.29, 0.717) is 0 Å². The van der Waals surface area contributed by atoms with Gasteiger partial charge in [0, 0.05) is 0 Å². The van der Waals surface area contributed by atoms with Crippen molar-refractivity contribution in [2.24, 2.45) is 0 Å². The number of aryl methyl sites for hydroxylation is 1. The van der Waals surface area contributed by atoms with E-state index in [9.17, 15) is 0 Å². The summed E-state index contributed by atoms with van der Waals surface area (Å²) in [6.07, 6.45) is 9.21. The number of benzene rings is 4. The molecular weight excluding hydrogens is 814 g/mol. The van der Waals surface area contributed by atoms with Crippen molar-refractivity contribution in [2.45, 2.75) is 79.1 Å². The van der Waals surface area contributed by atoms with Crippen LogP contribution in [0, 0.1) is 13.8 Å². The van der Waals surface area contributed by atoms with E-state index in [-0.39, 0.29) is 35.6 Å². The van der Waals surface area contributed by atoms with Crippen LogP contribution >= 0.6 is 56.7 Å². The van der Waals surface area contributed by atoms with E-state index in [1.807, 2.05) is 0 Å². The van der Waals surface area contributed by atoms with Gasteiger partial charge in [-0.25, -0.2) is 0 Å². The molecule has 0 heterocycles. The summed E-state index contributed by atoms with van der Waals surface area (Å²) in [7, 11) is 0. The van der Waals surface area contributed by atoms with Gasteiger partial charge >= 0.3 is 291 Å². The topological polar surface area (TPSA) is 0 Å². The molecule has 2 aliphatic rings. The van der Waals surface area contributed by atoms with Crippen molar-refractivity contribution in [3.63, 3.8) is 0 Å². The van der Waals surface area contributed by atoms with E-state index < -0.39 is 21.3 Å². The molecule has 46 heavy (non-hydrogen) atoms. The SMILES string of the molecule is Cc1cc2c(cc1C(C)(C)C)-c1cc(C(C)(C)C)c(C)[c]([Zr]([C]3=CC=CC3)=[C](c3ccc(Br)cc3)c3ccc(Br)cc3)c1C2.Cl.Cl. The molecule has 5 heteroatoms. The van der Waals surface area contributed by atoms with Gasteiger partial charge in [-0.15, -0.1) is 24.8 Å². The van der Waals surface area contributed by atoms with Gasteiger partial charge < -0.3 is 0 Å². The molecule has 0 N–H and O–H groups in total. The summed E-state index contributed by atoms with van der Waals surface area (Å²) in [6, 6.07) is 25.8. The van der Waals surface area contributed by atoms with Crippen LogP contribution in [0.15, 0.2) is 97.2 Å². The van der Waals surface area contributed by atoms with Gasteiger partial charge in [-0.05, 0) is 0 Å². The molecule has 0 spiro atoms. The summed E-state index contributed by atoms with van der Waals surface area (Å²) in [5.74, 6) is 0. The third kappa shape index (κ3) is 7.16. The summed E-state index contributed by atoms with van der Waals surface area (Å²) in [5, 5.41) is 0. The van der Waals surface area contributed by atoms with E-state index in [1.54, 1.807) is 15.3 Å². The smallest absolute Gasteiger partial charge is 0.147 e. The molecule has 0 saturated carbocycles. The summed E-state index contributed by atoms with van der Waals surface area (Å²) < 4.78 is 7.16. The van der Waals surface area contributed by atoms with Gasteiger partial charge in [-0.1, -0.05) is 0 Å². The number of hydrogen-bond acceptors (Lipinski definition) is 0. The predicted octanol–water partition coefficient (Wildman–Crippen LogP) is 12.2. The van der Waals surface area contributed by atoms with E-state index in [1.165, 1.54) is 50.1 Å². The summed E-state index contributed by atoms with van der Waals surface area (Å²) >= 11 is 4.64. The van der Waals surface area contributed by atoms with Gasteiger partial charge in [0.05, 0.1) is 0 Å². The molecule has 4 aromatic rings. The molecule has 0 bridgehead atoms. The zero-order valence-corrected chi connectivity index (χ0v) is 35.3. The second kappa shape index (κ2) is 14.3. The average Bonchev–Trinajstić information content (AvgIpc) is 3.59. The first-order valence-corrected chi connectivity index (χ1v) is 21.0. The normalized spacial score (nSPS) is 13.4.